The van der Waals surface area contributed by atoms with Crippen LogP contribution in [0.1, 0.15) is 32.5 Å². The monoisotopic (exact) mass is 284 g/mol. The van der Waals surface area contributed by atoms with Crippen LogP contribution in [-0.2, 0) is 11.4 Å². The van der Waals surface area contributed by atoms with Crippen molar-refractivity contribution in [3.8, 4) is 0 Å². The molecule has 0 spiro atoms. The zero-order valence-corrected chi connectivity index (χ0v) is 11.6. The standard InChI is InChI=1S/C14H15ClF2N2/c1-14(2,8-3-4-8)19-11(7-15)18-10-6-5-9(16)12(17)13(10)19/h5-6,8H,3-4,7H2,1-2H3. The number of benzene rings is 1. The number of imidazole rings is 1. The molecule has 0 amide bonds. The molecule has 3 rings (SSSR count). The molecule has 1 heterocycles. The third-order valence-corrected chi connectivity index (χ3v) is 4.29. The molecule has 1 fully saturated rings. The second-order valence-electron chi connectivity index (χ2n) is 5.65. The number of hydrogen-bond donors (Lipinski definition) is 0. The van der Waals surface area contributed by atoms with Crippen LogP contribution in [0, 0.1) is 17.6 Å². The van der Waals surface area contributed by atoms with Crippen molar-refractivity contribution < 1.29 is 8.78 Å². The predicted octanol–water partition coefficient (Wildman–Crippen LogP) is 4.20. The van der Waals surface area contributed by atoms with Crippen molar-refractivity contribution in [1.82, 2.24) is 9.55 Å². The summed E-state index contributed by atoms with van der Waals surface area (Å²) in [5, 5.41) is 0. The number of nitrogens with zero attached hydrogens (tertiary/aromatic N) is 2. The Balaban J connectivity index is 2.34. The van der Waals surface area contributed by atoms with E-state index in [1.807, 2.05) is 13.8 Å². The van der Waals surface area contributed by atoms with Crippen LogP contribution in [-0.4, -0.2) is 9.55 Å². The molecule has 1 aliphatic carbocycles. The minimum atomic E-state index is -0.846. The number of hydrogen-bond acceptors (Lipinski definition) is 1. The lowest BCUT2D eigenvalue weighted by molar-refractivity contribution is 0.303. The molecular formula is C14H15ClF2N2. The summed E-state index contributed by atoms with van der Waals surface area (Å²) in [7, 11) is 0. The van der Waals surface area contributed by atoms with Gasteiger partial charge in [-0.25, -0.2) is 13.8 Å². The van der Waals surface area contributed by atoms with Crippen molar-refractivity contribution >= 4 is 22.6 Å². The van der Waals surface area contributed by atoms with E-state index in [-0.39, 0.29) is 16.9 Å². The lowest BCUT2D eigenvalue weighted by atomic mass is 9.97. The molecule has 2 aromatic rings. The maximum atomic E-state index is 14.1. The van der Waals surface area contributed by atoms with Crippen molar-refractivity contribution in [2.24, 2.45) is 5.92 Å². The fourth-order valence-electron chi connectivity index (χ4n) is 2.83. The molecule has 1 saturated carbocycles. The molecule has 0 saturated heterocycles. The summed E-state index contributed by atoms with van der Waals surface area (Å²) in [4.78, 5) is 4.33. The second kappa shape index (κ2) is 4.17. The summed E-state index contributed by atoms with van der Waals surface area (Å²) in [5.74, 6) is -0.435. The van der Waals surface area contributed by atoms with Gasteiger partial charge in [0.25, 0.3) is 0 Å². The van der Waals surface area contributed by atoms with E-state index in [1.165, 1.54) is 6.07 Å². The van der Waals surface area contributed by atoms with Gasteiger partial charge >= 0.3 is 0 Å². The molecule has 0 aliphatic heterocycles. The molecule has 5 heteroatoms. The van der Waals surface area contributed by atoms with Crippen LogP contribution < -0.4 is 0 Å². The normalized spacial score (nSPS) is 16.3. The highest BCUT2D eigenvalue weighted by Crippen LogP contribution is 2.46. The first-order chi connectivity index (χ1) is 8.96. The van der Waals surface area contributed by atoms with Gasteiger partial charge in [0.15, 0.2) is 11.6 Å². The van der Waals surface area contributed by atoms with Gasteiger partial charge in [0.1, 0.15) is 11.3 Å². The molecule has 0 atom stereocenters. The van der Waals surface area contributed by atoms with Crippen LogP contribution in [0.3, 0.4) is 0 Å². The summed E-state index contributed by atoms with van der Waals surface area (Å²) < 4.78 is 29.4. The quantitative estimate of drug-likeness (QED) is 0.773. The zero-order valence-electron chi connectivity index (χ0n) is 10.9. The fourth-order valence-corrected chi connectivity index (χ4v) is 3.01. The van der Waals surface area contributed by atoms with Crippen molar-refractivity contribution in [1.29, 1.82) is 0 Å². The Morgan fingerprint density at radius 2 is 2.05 bits per heavy atom. The highest BCUT2D eigenvalue weighted by atomic mass is 35.5. The number of halogens is 3. The zero-order chi connectivity index (χ0) is 13.8. The molecule has 102 valence electrons. The van der Waals surface area contributed by atoms with Gasteiger partial charge in [-0.15, -0.1) is 11.6 Å². The van der Waals surface area contributed by atoms with Gasteiger partial charge in [0.05, 0.1) is 11.4 Å². The summed E-state index contributed by atoms with van der Waals surface area (Å²) in [6.07, 6.45) is 2.21. The molecule has 0 radical (unpaired) electrons. The molecule has 2 nitrogen and oxygen atoms in total. The van der Waals surface area contributed by atoms with E-state index in [1.54, 1.807) is 4.57 Å². The minimum absolute atomic E-state index is 0.186. The van der Waals surface area contributed by atoms with E-state index in [0.29, 0.717) is 17.3 Å². The largest absolute Gasteiger partial charge is 0.319 e. The predicted molar refractivity (Wildman–Crippen MR) is 71.3 cm³/mol. The highest BCUT2D eigenvalue weighted by molar-refractivity contribution is 6.16. The van der Waals surface area contributed by atoms with Gasteiger partial charge in [-0.3, -0.25) is 0 Å². The van der Waals surface area contributed by atoms with E-state index in [9.17, 15) is 8.78 Å². The SMILES string of the molecule is CC(C)(C1CC1)n1c(CCl)nc2ccc(F)c(F)c21. The minimum Gasteiger partial charge on any atom is -0.319 e. The Morgan fingerprint density at radius 1 is 1.37 bits per heavy atom. The molecule has 0 unspecified atom stereocenters. The maximum Gasteiger partial charge on any atom is 0.184 e. The van der Waals surface area contributed by atoms with Crippen LogP contribution >= 0.6 is 11.6 Å². The van der Waals surface area contributed by atoms with Crippen LogP contribution in [0.4, 0.5) is 8.78 Å². The Morgan fingerprint density at radius 3 is 2.63 bits per heavy atom. The van der Waals surface area contributed by atoms with E-state index in [2.05, 4.69) is 4.98 Å². The molecule has 1 aliphatic rings. The number of aromatic nitrogens is 2. The van der Waals surface area contributed by atoms with Crippen molar-refractivity contribution in [3.05, 3.63) is 29.6 Å². The molecule has 1 aromatic heterocycles. The Bertz CT molecular complexity index is 644. The van der Waals surface area contributed by atoms with Gasteiger partial charge < -0.3 is 4.57 Å². The number of alkyl halides is 1. The molecule has 19 heavy (non-hydrogen) atoms. The molecule has 1 aromatic carbocycles. The smallest absolute Gasteiger partial charge is 0.184 e. The first-order valence-electron chi connectivity index (χ1n) is 6.38. The van der Waals surface area contributed by atoms with E-state index < -0.39 is 11.6 Å². The molecular weight excluding hydrogens is 270 g/mol. The topological polar surface area (TPSA) is 17.8 Å². The van der Waals surface area contributed by atoms with Crippen LogP contribution in [0.25, 0.3) is 11.0 Å². The van der Waals surface area contributed by atoms with Crippen LogP contribution in [0.5, 0.6) is 0 Å². The van der Waals surface area contributed by atoms with E-state index >= 15 is 0 Å². The first-order valence-corrected chi connectivity index (χ1v) is 6.92. The fraction of sp³-hybridized carbons (Fsp3) is 0.500. The van der Waals surface area contributed by atoms with Gasteiger partial charge in [-0.1, -0.05) is 0 Å². The van der Waals surface area contributed by atoms with E-state index in [0.717, 1.165) is 18.9 Å². The van der Waals surface area contributed by atoms with E-state index in [4.69, 9.17) is 11.6 Å². The van der Waals surface area contributed by atoms with Gasteiger partial charge in [-0.05, 0) is 44.7 Å². The summed E-state index contributed by atoms with van der Waals surface area (Å²) >= 11 is 5.93. The lowest BCUT2D eigenvalue weighted by Gasteiger charge is -2.29. The van der Waals surface area contributed by atoms with Gasteiger partial charge in [-0.2, -0.15) is 0 Å². The first kappa shape index (κ1) is 12.9. The van der Waals surface area contributed by atoms with Gasteiger partial charge in [0.2, 0.25) is 0 Å². The third kappa shape index (κ3) is 1.84. The summed E-state index contributed by atoms with van der Waals surface area (Å²) in [6, 6.07) is 2.61. The Hall–Kier alpha value is -1.16. The number of rotatable bonds is 3. The van der Waals surface area contributed by atoms with Gasteiger partial charge in [0, 0.05) is 5.54 Å². The lowest BCUT2D eigenvalue weighted by Crippen LogP contribution is -2.30. The highest BCUT2D eigenvalue weighted by Gasteiger charge is 2.41. The van der Waals surface area contributed by atoms with Crippen LogP contribution in [0.15, 0.2) is 12.1 Å². The maximum absolute atomic E-state index is 14.1. The Labute approximate surface area is 115 Å². The van der Waals surface area contributed by atoms with Crippen molar-refractivity contribution in [3.63, 3.8) is 0 Å². The molecule has 0 N–H and O–H groups in total. The average molecular weight is 285 g/mol. The second-order valence-corrected chi connectivity index (χ2v) is 5.92. The molecule has 0 bridgehead atoms. The Kier molecular flexibility index (Phi) is 2.82. The average Bonchev–Trinajstić information content (AvgIpc) is 3.15. The third-order valence-electron chi connectivity index (χ3n) is 4.05. The van der Waals surface area contributed by atoms with Crippen molar-refractivity contribution in [2.75, 3.05) is 0 Å². The summed E-state index contributed by atoms with van der Waals surface area (Å²) in [5.41, 5.74) is 0.393. The van der Waals surface area contributed by atoms with Crippen molar-refractivity contribution in [2.45, 2.75) is 38.1 Å². The summed E-state index contributed by atoms with van der Waals surface area (Å²) in [6.45, 7) is 4.07. The number of fused-ring (bicyclic) bond motifs is 1. The van der Waals surface area contributed by atoms with Crippen LogP contribution in [0.2, 0.25) is 0 Å².